The van der Waals surface area contributed by atoms with Crippen molar-refractivity contribution in [1.29, 1.82) is 0 Å². The summed E-state index contributed by atoms with van der Waals surface area (Å²) in [5.41, 5.74) is 2.18. The van der Waals surface area contributed by atoms with Gasteiger partial charge in [0.15, 0.2) is 0 Å². The van der Waals surface area contributed by atoms with Gasteiger partial charge in [-0.1, -0.05) is 6.07 Å². The Kier molecular flexibility index (Phi) is 13.0. The van der Waals surface area contributed by atoms with E-state index in [0.717, 1.165) is 11.4 Å². The van der Waals surface area contributed by atoms with Crippen molar-refractivity contribution in [2.45, 2.75) is 13.8 Å². The van der Waals surface area contributed by atoms with E-state index >= 15 is 0 Å². The van der Waals surface area contributed by atoms with Gasteiger partial charge in [0.2, 0.25) is 0 Å². The Labute approximate surface area is 142 Å². The van der Waals surface area contributed by atoms with Crippen LogP contribution in [0.3, 0.4) is 0 Å². The van der Waals surface area contributed by atoms with Gasteiger partial charge in [-0.15, -0.1) is 0 Å². The fourth-order valence-corrected chi connectivity index (χ4v) is 3.90. The molecule has 0 radical (unpaired) electrons. The minimum atomic E-state index is -2.44. The zero-order valence-electron chi connectivity index (χ0n) is 14.6. The molecular formula is C13H27MoN4O3P. The summed E-state index contributed by atoms with van der Waals surface area (Å²) >= 11 is -2.03. The molecule has 0 unspecified atom stereocenters. The molecule has 0 aromatic carbocycles. The molecule has 0 aliphatic heterocycles. The monoisotopic (exact) mass is 416 g/mol. The Hall–Kier alpha value is -0.452. The van der Waals surface area contributed by atoms with Gasteiger partial charge in [0.25, 0.3) is 7.59 Å². The van der Waals surface area contributed by atoms with Crippen molar-refractivity contribution in [1.82, 2.24) is 19.0 Å². The molecule has 0 aliphatic carbocycles. The summed E-state index contributed by atoms with van der Waals surface area (Å²) in [6.45, 7) is 3.99. The predicted molar refractivity (Wildman–Crippen MR) is 83.8 cm³/mol. The van der Waals surface area contributed by atoms with Crippen LogP contribution in [0, 0.1) is 13.8 Å². The third kappa shape index (κ3) is 8.86. The first kappa shape index (κ1) is 23.8. The number of hydrogen-bond acceptors (Lipinski definition) is 4. The molecule has 0 N–H and O–H groups in total. The molecule has 0 saturated carbocycles. The fraction of sp³-hybridized carbons (Fsp3) is 0.615. The van der Waals surface area contributed by atoms with Crippen LogP contribution in [0.25, 0.3) is 0 Å². The summed E-state index contributed by atoms with van der Waals surface area (Å²) in [4.78, 5) is 4.17. The molecule has 1 aromatic rings. The van der Waals surface area contributed by atoms with E-state index < -0.39 is 26.1 Å². The normalized spacial score (nSPS) is 10.7. The van der Waals surface area contributed by atoms with E-state index in [1.165, 1.54) is 0 Å². The molecule has 1 rings (SSSR count). The summed E-state index contributed by atoms with van der Waals surface area (Å²) in [5, 5.41) is 0. The Morgan fingerprint density at radius 2 is 1.14 bits per heavy atom. The van der Waals surface area contributed by atoms with Gasteiger partial charge in [-0.25, -0.2) is 14.0 Å². The van der Waals surface area contributed by atoms with Crippen molar-refractivity contribution < 1.29 is 29.8 Å². The molecule has 7 nitrogen and oxygen atoms in total. The van der Waals surface area contributed by atoms with Gasteiger partial charge in [0, 0.05) is 11.4 Å². The van der Waals surface area contributed by atoms with Crippen molar-refractivity contribution in [3.63, 3.8) is 0 Å². The second kappa shape index (κ2) is 12.0. The first-order chi connectivity index (χ1) is 10.0. The van der Waals surface area contributed by atoms with Crippen LogP contribution in [-0.4, -0.2) is 61.3 Å². The second-order valence-corrected chi connectivity index (χ2v) is 8.80. The minimum absolute atomic E-state index is 1.09. The van der Waals surface area contributed by atoms with Crippen molar-refractivity contribution in [2.24, 2.45) is 0 Å². The van der Waals surface area contributed by atoms with Crippen molar-refractivity contribution in [3.05, 3.63) is 29.6 Å². The van der Waals surface area contributed by atoms with E-state index in [9.17, 15) is 4.57 Å². The van der Waals surface area contributed by atoms with E-state index in [1.54, 1.807) is 14.0 Å². The molecule has 0 atom stereocenters. The van der Waals surface area contributed by atoms with Crippen molar-refractivity contribution in [3.8, 4) is 0 Å². The van der Waals surface area contributed by atoms with Gasteiger partial charge < -0.3 is 0 Å². The fourth-order valence-electron chi connectivity index (χ4n) is 1.75. The summed E-state index contributed by atoms with van der Waals surface area (Å²) in [5.74, 6) is 0. The third-order valence-corrected chi connectivity index (χ3v) is 5.72. The molecule has 0 amide bonds. The van der Waals surface area contributed by atoms with Gasteiger partial charge in [0.1, 0.15) is 0 Å². The predicted octanol–water partition coefficient (Wildman–Crippen LogP) is 2.24. The van der Waals surface area contributed by atoms with Gasteiger partial charge >= 0.3 is 25.3 Å². The first-order valence-electron chi connectivity index (χ1n) is 6.49. The summed E-state index contributed by atoms with van der Waals surface area (Å²) in [6, 6.07) is 6.00. The maximum absolute atomic E-state index is 12.1. The summed E-state index contributed by atoms with van der Waals surface area (Å²) in [7, 11) is 8.49. The molecule has 1 heterocycles. The van der Waals surface area contributed by atoms with Crippen LogP contribution >= 0.6 is 7.59 Å². The first-order valence-corrected chi connectivity index (χ1v) is 9.69. The Morgan fingerprint density at radius 1 is 0.864 bits per heavy atom. The van der Waals surface area contributed by atoms with Crippen LogP contribution in [0.4, 0.5) is 0 Å². The van der Waals surface area contributed by atoms with Crippen LogP contribution in [0.15, 0.2) is 18.2 Å². The maximum atomic E-state index is 12.1. The quantitative estimate of drug-likeness (QED) is 0.555. The molecule has 0 spiro atoms. The van der Waals surface area contributed by atoms with Gasteiger partial charge in [0.05, 0.1) is 0 Å². The van der Waals surface area contributed by atoms with Gasteiger partial charge in [-0.2, -0.15) is 0 Å². The average molecular weight is 414 g/mol. The van der Waals surface area contributed by atoms with Crippen molar-refractivity contribution >= 4 is 7.59 Å². The van der Waals surface area contributed by atoms with E-state index in [-0.39, 0.29) is 0 Å². The number of rotatable bonds is 3. The molecule has 0 aliphatic rings. The number of aryl methyl sites for hydroxylation is 2. The topological polar surface area (TPSA) is 73.8 Å². The SMILES string of the molecule is CN(C)P(=O)(N(C)C)N(C)C.Cc1cccc(C)n1.[O]=[Mo]=[O]. The van der Waals surface area contributed by atoms with Crippen LogP contribution in [0.1, 0.15) is 11.4 Å². The van der Waals surface area contributed by atoms with Crippen LogP contribution in [0.5, 0.6) is 0 Å². The molecule has 22 heavy (non-hydrogen) atoms. The van der Waals surface area contributed by atoms with Crippen LogP contribution < -0.4 is 0 Å². The molecule has 1 aromatic heterocycles. The van der Waals surface area contributed by atoms with Crippen LogP contribution in [0.2, 0.25) is 0 Å². The van der Waals surface area contributed by atoms with E-state index in [0.29, 0.717) is 0 Å². The van der Waals surface area contributed by atoms with Gasteiger partial charge in [-0.05, 0) is 68.3 Å². The average Bonchev–Trinajstić information content (AvgIpc) is 2.38. The van der Waals surface area contributed by atoms with Crippen LogP contribution in [-0.2, 0) is 29.8 Å². The van der Waals surface area contributed by atoms with Crippen molar-refractivity contribution in [2.75, 3.05) is 42.3 Å². The zero-order chi connectivity index (χ0) is 17.9. The summed E-state index contributed by atoms with van der Waals surface area (Å²) in [6.07, 6.45) is 0. The number of hydrogen-bond donors (Lipinski definition) is 0. The molecule has 0 saturated heterocycles. The molecule has 128 valence electrons. The van der Waals surface area contributed by atoms with E-state index in [1.807, 2.05) is 74.3 Å². The third-order valence-electron chi connectivity index (χ3n) is 2.59. The molecular weight excluding hydrogens is 387 g/mol. The van der Waals surface area contributed by atoms with E-state index in [4.69, 9.17) is 6.80 Å². The zero-order valence-corrected chi connectivity index (χ0v) is 17.5. The Bertz CT molecular complexity index is 472. The molecule has 0 bridgehead atoms. The number of nitrogens with zero attached hydrogens (tertiary/aromatic N) is 4. The number of aromatic nitrogens is 1. The summed E-state index contributed by atoms with van der Waals surface area (Å²) < 4.78 is 34.3. The van der Waals surface area contributed by atoms with Gasteiger partial charge in [-0.3, -0.25) is 9.55 Å². The number of pyridine rings is 1. The molecule has 0 fully saturated rings. The van der Waals surface area contributed by atoms with E-state index in [2.05, 4.69) is 4.98 Å². The second-order valence-electron chi connectivity index (χ2n) is 5.04. The molecule has 9 heteroatoms. The Morgan fingerprint density at radius 3 is 1.23 bits per heavy atom. The standard InChI is InChI=1S/C7H9N.C6H18N3OP.Mo.2O/c1-6-4-3-5-7(2)8-6;1-7(2)11(10,8(3)4)9(5)6;;;/h3-5H,1-2H3;1-6H3;;;. The Balaban J connectivity index is 0.